The van der Waals surface area contributed by atoms with E-state index in [0.29, 0.717) is 43.5 Å². The molecule has 0 radical (unpaired) electrons. The monoisotopic (exact) mass is 386 g/mol. The van der Waals surface area contributed by atoms with E-state index in [9.17, 15) is 4.79 Å². The van der Waals surface area contributed by atoms with Crippen LogP contribution < -0.4 is 24.3 Å². The number of para-hydroxylation sites is 3. The standard InChI is InChI=1S/C21H26N2O5/c1-4-23(13-16-14-27-17-9-5-6-10-18(17)28-16)21(24)22-12-15-8-7-11-19(25-2)20(15)26-3/h5-11,16H,4,12-14H2,1-3H3,(H,22,24)/t16-/m0/s1. The Morgan fingerprint density at radius 2 is 1.93 bits per heavy atom. The quantitative estimate of drug-likeness (QED) is 0.792. The van der Waals surface area contributed by atoms with Gasteiger partial charge in [-0.05, 0) is 25.1 Å². The van der Waals surface area contributed by atoms with E-state index in [4.69, 9.17) is 18.9 Å². The number of hydrogen-bond acceptors (Lipinski definition) is 5. The van der Waals surface area contributed by atoms with Crippen molar-refractivity contribution >= 4 is 6.03 Å². The van der Waals surface area contributed by atoms with E-state index in [0.717, 1.165) is 11.3 Å². The Hall–Kier alpha value is -3.09. The van der Waals surface area contributed by atoms with Gasteiger partial charge in [-0.2, -0.15) is 0 Å². The van der Waals surface area contributed by atoms with E-state index in [1.54, 1.807) is 19.1 Å². The smallest absolute Gasteiger partial charge is 0.317 e. The summed E-state index contributed by atoms with van der Waals surface area (Å²) in [5, 5.41) is 2.94. The van der Waals surface area contributed by atoms with Gasteiger partial charge in [0.05, 0.1) is 20.8 Å². The summed E-state index contributed by atoms with van der Waals surface area (Å²) in [6.07, 6.45) is -0.216. The molecule has 2 aromatic rings. The van der Waals surface area contributed by atoms with Crippen molar-refractivity contribution in [1.82, 2.24) is 10.2 Å². The summed E-state index contributed by atoms with van der Waals surface area (Å²) in [6.45, 7) is 3.67. The fourth-order valence-corrected chi connectivity index (χ4v) is 3.13. The normalized spacial score (nSPS) is 14.9. The number of carbonyl (C=O) groups excluding carboxylic acids is 1. The highest BCUT2D eigenvalue weighted by molar-refractivity contribution is 5.74. The Kier molecular flexibility index (Phi) is 6.47. The molecule has 7 nitrogen and oxygen atoms in total. The van der Waals surface area contributed by atoms with Crippen LogP contribution >= 0.6 is 0 Å². The lowest BCUT2D eigenvalue weighted by molar-refractivity contribution is 0.0675. The van der Waals surface area contributed by atoms with Crippen LogP contribution in [0.25, 0.3) is 0 Å². The zero-order valence-corrected chi connectivity index (χ0v) is 16.4. The minimum absolute atomic E-state index is 0.171. The molecule has 3 rings (SSSR count). The average Bonchev–Trinajstić information content (AvgIpc) is 2.75. The van der Waals surface area contributed by atoms with Gasteiger partial charge in [-0.25, -0.2) is 4.79 Å². The first-order valence-corrected chi connectivity index (χ1v) is 9.27. The van der Waals surface area contributed by atoms with Crippen LogP contribution in [0.3, 0.4) is 0 Å². The number of amides is 2. The predicted molar refractivity (Wildman–Crippen MR) is 105 cm³/mol. The van der Waals surface area contributed by atoms with Crippen molar-refractivity contribution in [2.75, 3.05) is 33.9 Å². The Labute approximate surface area is 165 Å². The van der Waals surface area contributed by atoms with Crippen molar-refractivity contribution in [2.45, 2.75) is 19.6 Å². The molecule has 2 aromatic carbocycles. The second kappa shape index (κ2) is 9.21. The van der Waals surface area contributed by atoms with Crippen molar-refractivity contribution in [3.05, 3.63) is 48.0 Å². The van der Waals surface area contributed by atoms with E-state index < -0.39 is 0 Å². The fourth-order valence-electron chi connectivity index (χ4n) is 3.13. The van der Waals surface area contributed by atoms with Crippen molar-refractivity contribution < 1.29 is 23.7 Å². The summed E-state index contributed by atoms with van der Waals surface area (Å²) >= 11 is 0. The number of carbonyl (C=O) groups is 1. The second-order valence-corrected chi connectivity index (χ2v) is 6.35. The number of methoxy groups -OCH3 is 2. The molecule has 0 spiro atoms. The molecule has 0 aromatic heterocycles. The zero-order chi connectivity index (χ0) is 19.9. The molecule has 7 heteroatoms. The maximum absolute atomic E-state index is 12.7. The number of urea groups is 1. The molecule has 1 heterocycles. The number of likely N-dealkylation sites (N-methyl/N-ethyl adjacent to an activating group) is 1. The first-order chi connectivity index (χ1) is 13.7. The van der Waals surface area contributed by atoms with Gasteiger partial charge >= 0.3 is 6.03 Å². The first kappa shape index (κ1) is 19.7. The van der Waals surface area contributed by atoms with Gasteiger partial charge in [-0.1, -0.05) is 24.3 Å². The summed E-state index contributed by atoms with van der Waals surface area (Å²) < 4.78 is 22.4. The third-order valence-corrected chi connectivity index (χ3v) is 4.58. The van der Waals surface area contributed by atoms with Gasteiger partial charge in [0.1, 0.15) is 6.61 Å². The van der Waals surface area contributed by atoms with E-state index in [1.807, 2.05) is 49.4 Å². The molecule has 0 saturated carbocycles. The highest BCUT2D eigenvalue weighted by atomic mass is 16.6. The van der Waals surface area contributed by atoms with Gasteiger partial charge in [0.2, 0.25) is 0 Å². The summed E-state index contributed by atoms with van der Waals surface area (Å²) in [7, 11) is 3.17. The Bertz CT molecular complexity index is 811. The van der Waals surface area contributed by atoms with Crippen LogP contribution in [0.5, 0.6) is 23.0 Å². The molecule has 1 atom stereocenters. The van der Waals surface area contributed by atoms with Crippen LogP contribution in [0.15, 0.2) is 42.5 Å². The van der Waals surface area contributed by atoms with Crippen LogP contribution in [-0.4, -0.2) is 51.0 Å². The maximum Gasteiger partial charge on any atom is 0.317 e. The summed E-state index contributed by atoms with van der Waals surface area (Å²) in [6, 6.07) is 13.0. The van der Waals surface area contributed by atoms with Crippen LogP contribution in [0.4, 0.5) is 4.79 Å². The number of benzene rings is 2. The van der Waals surface area contributed by atoms with Crippen molar-refractivity contribution in [3.8, 4) is 23.0 Å². The topological polar surface area (TPSA) is 69.3 Å². The minimum Gasteiger partial charge on any atom is -0.493 e. The fraction of sp³-hybridized carbons (Fsp3) is 0.381. The molecule has 1 aliphatic heterocycles. The van der Waals surface area contributed by atoms with E-state index >= 15 is 0 Å². The lowest BCUT2D eigenvalue weighted by Gasteiger charge is -2.31. The number of nitrogens with zero attached hydrogens (tertiary/aromatic N) is 1. The number of nitrogens with one attached hydrogen (secondary N) is 1. The molecule has 1 aliphatic rings. The summed E-state index contributed by atoms with van der Waals surface area (Å²) in [4.78, 5) is 14.4. The SMILES string of the molecule is CCN(C[C@H]1COc2ccccc2O1)C(=O)NCc1cccc(OC)c1OC. The van der Waals surface area contributed by atoms with E-state index in [-0.39, 0.29) is 12.1 Å². The zero-order valence-electron chi connectivity index (χ0n) is 16.4. The molecule has 28 heavy (non-hydrogen) atoms. The molecule has 1 N–H and O–H groups in total. The lowest BCUT2D eigenvalue weighted by atomic mass is 10.2. The van der Waals surface area contributed by atoms with Crippen molar-refractivity contribution in [3.63, 3.8) is 0 Å². The van der Waals surface area contributed by atoms with Gasteiger partial charge in [-0.3, -0.25) is 0 Å². The van der Waals surface area contributed by atoms with E-state index in [2.05, 4.69) is 5.32 Å². The van der Waals surface area contributed by atoms with Gasteiger partial charge < -0.3 is 29.2 Å². The van der Waals surface area contributed by atoms with Crippen LogP contribution in [-0.2, 0) is 6.54 Å². The average molecular weight is 386 g/mol. The number of fused-ring (bicyclic) bond motifs is 1. The summed E-state index contributed by atoms with van der Waals surface area (Å²) in [5.74, 6) is 2.69. The van der Waals surface area contributed by atoms with Crippen molar-refractivity contribution in [2.24, 2.45) is 0 Å². The maximum atomic E-state index is 12.7. The third kappa shape index (κ3) is 4.42. The minimum atomic E-state index is -0.216. The molecular formula is C21H26N2O5. The van der Waals surface area contributed by atoms with Gasteiger partial charge in [-0.15, -0.1) is 0 Å². The van der Waals surface area contributed by atoms with Crippen LogP contribution in [0.1, 0.15) is 12.5 Å². The molecule has 0 aliphatic carbocycles. The molecular weight excluding hydrogens is 360 g/mol. The molecule has 2 amide bonds. The third-order valence-electron chi connectivity index (χ3n) is 4.58. The van der Waals surface area contributed by atoms with Crippen molar-refractivity contribution in [1.29, 1.82) is 0 Å². The van der Waals surface area contributed by atoms with Gasteiger partial charge in [0.25, 0.3) is 0 Å². The Morgan fingerprint density at radius 1 is 1.14 bits per heavy atom. The van der Waals surface area contributed by atoms with E-state index in [1.165, 1.54) is 0 Å². The lowest BCUT2D eigenvalue weighted by Crippen LogP contribution is -2.47. The molecule has 150 valence electrons. The molecule has 0 unspecified atom stereocenters. The Morgan fingerprint density at radius 3 is 2.64 bits per heavy atom. The number of hydrogen-bond donors (Lipinski definition) is 1. The van der Waals surface area contributed by atoms with Gasteiger partial charge in [0, 0.05) is 18.7 Å². The summed E-state index contributed by atoms with van der Waals surface area (Å²) in [5.41, 5.74) is 0.845. The molecule has 0 saturated heterocycles. The Balaban J connectivity index is 1.59. The first-order valence-electron chi connectivity index (χ1n) is 9.27. The molecule has 0 fully saturated rings. The predicted octanol–water partition coefficient (Wildman–Crippen LogP) is 3.08. The van der Waals surface area contributed by atoms with Crippen LogP contribution in [0, 0.1) is 0 Å². The largest absolute Gasteiger partial charge is 0.493 e. The highest BCUT2D eigenvalue weighted by Crippen LogP contribution is 2.31. The second-order valence-electron chi connectivity index (χ2n) is 6.35. The number of rotatable bonds is 7. The molecule has 0 bridgehead atoms. The highest BCUT2D eigenvalue weighted by Gasteiger charge is 2.25. The van der Waals surface area contributed by atoms with Gasteiger partial charge in [0.15, 0.2) is 29.1 Å². The number of ether oxygens (including phenoxy) is 4. The van der Waals surface area contributed by atoms with Crippen LogP contribution in [0.2, 0.25) is 0 Å².